The lowest BCUT2D eigenvalue weighted by Gasteiger charge is -2.19. The van der Waals surface area contributed by atoms with Gasteiger partial charge in [0.1, 0.15) is 18.3 Å². The van der Waals surface area contributed by atoms with Crippen molar-refractivity contribution in [2.45, 2.75) is 24.5 Å². The number of benzene rings is 1. The second kappa shape index (κ2) is 10.6. The van der Waals surface area contributed by atoms with Crippen LogP contribution in [0, 0.1) is 0 Å². The van der Waals surface area contributed by atoms with Crippen molar-refractivity contribution in [3.63, 3.8) is 0 Å². The summed E-state index contributed by atoms with van der Waals surface area (Å²) in [5.74, 6) is 0. The summed E-state index contributed by atoms with van der Waals surface area (Å²) < 4.78 is 52.7. The molecule has 1 aromatic carbocycles. The van der Waals surface area contributed by atoms with E-state index in [4.69, 9.17) is 14.5 Å². The van der Waals surface area contributed by atoms with Crippen molar-refractivity contribution in [1.29, 1.82) is 0 Å². The maximum Gasteiger partial charge on any atom is 0.490 e. The van der Waals surface area contributed by atoms with Crippen LogP contribution in [-0.4, -0.2) is 64.3 Å². The third-order valence-corrected chi connectivity index (χ3v) is 10.0. The number of hydrogen-bond acceptors (Lipinski definition) is 12. The Balaban J connectivity index is 1.53. The Hall–Kier alpha value is -1.85. The van der Waals surface area contributed by atoms with Crippen LogP contribution >= 0.6 is 34.8 Å². The van der Waals surface area contributed by atoms with Gasteiger partial charge < -0.3 is 34.5 Å². The summed E-state index contributed by atoms with van der Waals surface area (Å²) in [6.07, 6.45) is -5.78. The predicted octanol–water partition coefficient (Wildman–Crippen LogP) is 0.381. The first-order valence-corrected chi connectivity index (χ1v) is 15.5. The molecule has 0 bridgehead atoms. The zero-order valence-electron chi connectivity index (χ0n) is 18.5. The largest absolute Gasteiger partial charge is 0.490 e. The van der Waals surface area contributed by atoms with E-state index in [0.717, 1.165) is 20.9 Å². The average molecular weight is 616 g/mol. The van der Waals surface area contributed by atoms with E-state index in [1.54, 1.807) is 18.2 Å². The molecule has 21 heteroatoms. The molecule has 0 amide bonds. The van der Waals surface area contributed by atoms with Crippen LogP contribution < -0.4 is 11.2 Å². The number of nitrogens with zero attached hydrogens (tertiary/aromatic N) is 1. The molecule has 0 spiro atoms. The van der Waals surface area contributed by atoms with Crippen LogP contribution in [0.3, 0.4) is 0 Å². The Kier molecular flexibility index (Phi) is 8.14. The highest BCUT2D eigenvalue weighted by molar-refractivity contribution is 7.66. The van der Waals surface area contributed by atoms with Gasteiger partial charge in [0.2, 0.25) is 0 Å². The summed E-state index contributed by atoms with van der Waals surface area (Å²) >= 11 is 1.26. The lowest BCUT2D eigenvalue weighted by Crippen LogP contribution is -2.38. The minimum absolute atomic E-state index is 0.0489. The normalized spacial score (nSPS) is 25.3. The molecule has 7 N–H and O–H groups in total. The fraction of sp³-hybridized carbons (Fsp3) is 0.294. The molecule has 4 rings (SSSR count). The van der Waals surface area contributed by atoms with Gasteiger partial charge in [0.25, 0.3) is 5.56 Å². The first-order chi connectivity index (χ1) is 17.6. The number of hydrogen-bond donors (Lipinski definition) is 7. The molecule has 0 saturated carbocycles. The number of ether oxygens (including phenoxy) is 1. The summed E-state index contributed by atoms with van der Waals surface area (Å²) in [6, 6.07) is 8.97. The minimum Gasteiger partial charge on any atom is -0.387 e. The van der Waals surface area contributed by atoms with E-state index in [0.29, 0.717) is 4.88 Å². The van der Waals surface area contributed by atoms with Crippen molar-refractivity contribution >= 4 is 44.9 Å². The maximum absolute atomic E-state index is 12.5. The summed E-state index contributed by atoms with van der Waals surface area (Å²) in [5.41, 5.74) is -1.69. The number of phosphoric ester groups is 1. The van der Waals surface area contributed by atoms with Gasteiger partial charge in [0.05, 0.1) is 12.2 Å². The van der Waals surface area contributed by atoms with Gasteiger partial charge in [0.15, 0.2) is 6.23 Å². The highest BCUT2D eigenvalue weighted by atomic mass is 32.1. The van der Waals surface area contributed by atoms with E-state index < -0.39 is 65.9 Å². The molecule has 6 atom stereocenters. The number of phosphoric acid groups is 3. The standard InChI is InChI=1S/C17H19N2O15P3S/c20-13-10(7-31-36(27,28)34-37(29,30)33-35(24,25)26)32-16(14(13)21)19-6-9(15(22)18-17(19)23)12-5-8-3-1-2-4-11(8)38-12/h1-6,10,13-14,16,20-21H,7H2,(H,27,28)(H,29,30)(H,18,22,23)(H2,24,25,26)/t10-,13-,14-,16-/m1/s1. The molecule has 1 aliphatic heterocycles. The lowest BCUT2D eigenvalue weighted by atomic mass is 10.1. The Labute approximate surface area is 214 Å². The quantitative estimate of drug-likeness (QED) is 0.160. The molecular formula is C17H19N2O15P3S. The fourth-order valence-corrected chi connectivity index (χ4v) is 7.63. The van der Waals surface area contributed by atoms with E-state index >= 15 is 0 Å². The first kappa shape index (κ1) is 29.1. The Morgan fingerprint density at radius 1 is 1.00 bits per heavy atom. The first-order valence-electron chi connectivity index (χ1n) is 10.2. The number of thiophene rings is 1. The van der Waals surface area contributed by atoms with E-state index in [-0.39, 0.29) is 5.56 Å². The van der Waals surface area contributed by atoms with Gasteiger partial charge in [-0.05, 0) is 17.5 Å². The van der Waals surface area contributed by atoms with Crippen LogP contribution in [0.25, 0.3) is 20.5 Å². The second-order valence-corrected chi connectivity index (χ2v) is 13.3. The fourth-order valence-electron chi connectivity index (χ4n) is 3.53. The van der Waals surface area contributed by atoms with Crippen molar-refractivity contribution in [3.8, 4) is 10.4 Å². The second-order valence-electron chi connectivity index (χ2n) is 7.79. The van der Waals surface area contributed by atoms with Gasteiger partial charge in [0, 0.05) is 15.8 Å². The number of aromatic amines is 1. The van der Waals surface area contributed by atoms with Crippen LogP contribution in [0.2, 0.25) is 0 Å². The van der Waals surface area contributed by atoms with Crippen molar-refractivity contribution in [3.05, 3.63) is 57.4 Å². The third kappa shape index (κ3) is 6.65. The molecule has 38 heavy (non-hydrogen) atoms. The minimum atomic E-state index is -5.77. The Morgan fingerprint density at radius 3 is 2.34 bits per heavy atom. The van der Waals surface area contributed by atoms with Crippen LogP contribution in [0.15, 0.2) is 46.1 Å². The zero-order chi connectivity index (χ0) is 28.0. The number of aliphatic hydroxyl groups is 2. The van der Waals surface area contributed by atoms with Gasteiger partial charge in [-0.15, -0.1) is 11.3 Å². The highest BCUT2D eigenvalue weighted by Gasteiger charge is 2.47. The molecule has 0 radical (unpaired) electrons. The van der Waals surface area contributed by atoms with Crippen molar-refractivity contribution in [2.24, 2.45) is 0 Å². The number of nitrogens with one attached hydrogen (secondary N) is 1. The molecule has 3 aromatic rings. The van der Waals surface area contributed by atoms with E-state index in [2.05, 4.69) is 18.1 Å². The molecule has 3 heterocycles. The maximum atomic E-state index is 12.5. The zero-order valence-corrected chi connectivity index (χ0v) is 22.0. The van der Waals surface area contributed by atoms with Crippen LogP contribution in [0.5, 0.6) is 0 Å². The van der Waals surface area contributed by atoms with Crippen molar-refractivity contribution in [2.75, 3.05) is 6.61 Å². The van der Waals surface area contributed by atoms with Gasteiger partial charge in [-0.2, -0.15) is 8.62 Å². The molecule has 2 aromatic heterocycles. The predicted molar refractivity (Wildman–Crippen MR) is 128 cm³/mol. The number of fused-ring (bicyclic) bond motifs is 1. The lowest BCUT2D eigenvalue weighted by molar-refractivity contribution is -0.0541. The number of aliphatic hydroxyl groups excluding tert-OH is 2. The van der Waals surface area contributed by atoms with E-state index in [9.17, 15) is 43.3 Å². The SMILES string of the molecule is O=c1[nH]c(=O)n([C@@H]2O[C@H](COP(=O)(O)OP(=O)(O)OP(=O)(O)O)[C@@H](O)[C@H]2O)cc1-c1cc2ccccc2s1. The van der Waals surface area contributed by atoms with Crippen LogP contribution in [-0.2, 0) is 31.6 Å². The average Bonchev–Trinajstić information content (AvgIpc) is 3.31. The topological polar surface area (TPSA) is 264 Å². The van der Waals surface area contributed by atoms with Crippen LogP contribution in [0.1, 0.15) is 6.23 Å². The summed E-state index contributed by atoms with van der Waals surface area (Å²) in [5, 5.41) is 21.6. The van der Waals surface area contributed by atoms with Crippen molar-refractivity contribution < 1.29 is 61.4 Å². The number of H-pyrrole nitrogens is 1. The molecule has 1 aliphatic rings. The summed E-state index contributed by atoms with van der Waals surface area (Å²) in [4.78, 5) is 63.5. The van der Waals surface area contributed by atoms with Crippen molar-refractivity contribution in [1.82, 2.24) is 9.55 Å². The molecular weight excluding hydrogens is 597 g/mol. The smallest absolute Gasteiger partial charge is 0.387 e. The van der Waals surface area contributed by atoms with Gasteiger partial charge >= 0.3 is 29.2 Å². The molecule has 1 saturated heterocycles. The van der Waals surface area contributed by atoms with Gasteiger partial charge in [-0.3, -0.25) is 18.9 Å². The molecule has 208 valence electrons. The third-order valence-electron chi connectivity index (χ3n) is 5.09. The molecule has 1 fully saturated rings. The van der Waals surface area contributed by atoms with E-state index in [1.165, 1.54) is 11.3 Å². The van der Waals surface area contributed by atoms with E-state index in [1.807, 2.05) is 12.1 Å². The molecule has 2 unspecified atom stereocenters. The van der Waals surface area contributed by atoms with Gasteiger partial charge in [-0.1, -0.05) is 18.2 Å². The Bertz CT molecular complexity index is 1580. The van der Waals surface area contributed by atoms with Crippen LogP contribution in [0.4, 0.5) is 0 Å². The summed E-state index contributed by atoms with van der Waals surface area (Å²) in [7, 11) is -16.9. The highest BCUT2D eigenvalue weighted by Crippen LogP contribution is 2.66. The molecule has 0 aliphatic carbocycles. The van der Waals surface area contributed by atoms with Gasteiger partial charge in [-0.25, -0.2) is 18.5 Å². The number of rotatable bonds is 9. The monoisotopic (exact) mass is 616 g/mol. The molecule has 17 nitrogen and oxygen atoms in total. The summed E-state index contributed by atoms with van der Waals surface area (Å²) in [6.45, 7) is -1.07. The number of aromatic nitrogens is 2. The Morgan fingerprint density at radius 2 is 1.68 bits per heavy atom.